The second-order valence-electron chi connectivity index (χ2n) is 6.65. The van der Waals surface area contributed by atoms with Crippen molar-refractivity contribution in [3.8, 4) is 0 Å². The fraction of sp³-hybridized carbons (Fsp3) is 0.300. The van der Waals surface area contributed by atoms with Gasteiger partial charge in [0, 0.05) is 16.6 Å². The van der Waals surface area contributed by atoms with E-state index in [4.69, 9.17) is 4.74 Å². The predicted octanol–water partition coefficient (Wildman–Crippen LogP) is 3.53. The highest BCUT2D eigenvalue weighted by Gasteiger charge is 2.27. The van der Waals surface area contributed by atoms with Gasteiger partial charge in [-0.05, 0) is 44.9 Å². The minimum Gasteiger partial charge on any atom is -0.462 e. The second kappa shape index (κ2) is 7.20. The molecule has 144 valence electrons. The lowest BCUT2D eigenvalue weighted by molar-refractivity contribution is 0.0526. The Hall–Kier alpha value is -3.00. The first-order chi connectivity index (χ1) is 13.5. The van der Waals surface area contributed by atoms with E-state index < -0.39 is 5.97 Å². The SMILES string of the molecule is CCOC(=O)c1cccc(NC(=O)c2c(C)sc3c(=O)n(C4CC4)cnc23)c1. The minimum absolute atomic E-state index is 0.0936. The number of hydrogen-bond acceptors (Lipinski definition) is 6. The summed E-state index contributed by atoms with van der Waals surface area (Å²) in [5, 5.41) is 2.79. The summed E-state index contributed by atoms with van der Waals surface area (Å²) >= 11 is 1.29. The van der Waals surface area contributed by atoms with Crippen LogP contribution < -0.4 is 10.9 Å². The molecule has 0 radical (unpaired) electrons. The number of thiophene rings is 1. The summed E-state index contributed by atoms with van der Waals surface area (Å²) in [4.78, 5) is 42.6. The Morgan fingerprint density at radius 1 is 1.36 bits per heavy atom. The van der Waals surface area contributed by atoms with Gasteiger partial charge < -0.3 is 10.1 Å². The molecular formula is C20H19N3O4S. The summed E-state index contributed by atoms with van der Waals surface area (Å²) in [6.45, 7) is 3.81. The molecule has 0 saturated heterocycles. The van der Waals surface area contributed by atoms with Crippen LogP contribution in [0.5, 0.6) is 0 Å². The molecule has 4 rings (SSSR count). The van der Waals surface area contributed by atoms with E-state index in [-0.39, 0.29) is 24.1 Å². The molecule has 1 aromatic carbocycles. The topological polar surface area (TPSA) is 90.3 Å². The van der Waals surface area contributed by atoms with Gasteiger partial charge in [-0.25, -0.2) is 9.78 Å². The average molecular weight is 397 g/mol. The van der Waals surface area contributed by atoms with Crippen molar-refractivity contribution < 1.29 is 14.3 Å². The smallest absolute Gasteiger partial charge is 0.338 e. The van der Waals surface area contributed by atoms with Gasteiger partial charge in [0.05, 0.1) is 24.1 Å². The van der Waals surface area contributed by atoms with Crippen molar-refractivity contribution in [1.29, 1.82) is 0 Å². The molecule has 1 aliphatic carbocycles. The van der Waals surface area contributed by atoms with E-state index in [0.717, 1.165) is 17.7 Å². The summed E-state index contributed by atoms with van der Waals surface area (Å²) in [6.07, 6.45) is 3.51. The normalized spacial score (nSPS) is 13.5. The Morgan fingerprint density at radius 3 is 2.86 bits per heavy atom. The number of carbonyl (C=O) groups is 2. The van der Waals surface area contributed by atoms with E-state index in [2.05, 4.69) is 10.3 Å². The molecule has 2 aromatic heterocycles. The minimum atomic E-state index is -0.446. The van der Waals surface area contributed by atoms with Crippen LogP contribution in [0.2, 0.25) is 0 Å². The third-order valence-electron chi connectivity index (χ3n) is 4.60. The number of ether oxygens (including phenoxy) is 1. The zero-order chi connectivity index (χ0) is 19.8. The van der Waals surface area contributed by atoms with Crippen LogP contribution in [0.3, 0.4) is 0 Å². The zero-order valence-electron chi connectivity index (χ0n) is 15.5. The van der Waals surface area contributed by atoms with Gasteiger partial charge in [-0.15, -0.1) is 11.3 Å². The van der Waals surface area contributed by atoms with Gasteiger partial charge in [0.15, 0.2) is 0 Å². The Bertz CT molecular complexity index is 1140. The first-order valence-corrected chi connectivity index (χ1v) is 9.90. The summed E-state index contributed by atoms with van der Waals surface area (Å²) in [5.74, 6) is -0.807. The highest BCUT2D eigenvalue weighted by atomic mass is 32.1. The number of aromatic nitrogens is 2. The van der Waals surface area contributed by atoms with E-state index in [1.165, 1.54) is 17.7 Å². The number of hydrogen-bond donors (Lipinski definition) is 1. The maximum Gasteiger partial charge on any atom is 0.338 e. The fourth-order valence-electron chi connectivity index (χ4n) is 3.10. The molecule has 0 spiro atoms. The molecule has 7 nitrogen and oxygen atoms in total. The van der Waals surface area contributed by atoms with E-state index in [1.54, 1.807) is 42.7 Å². The van der Waals surface area contributed by atoms with Crippen molar-refractivity contribution in [2.24, 2.45) is 0 Å². The van der Waals surface area contributed by atoms with Crippen molar-refractivity contribution >= 4 is 39.1 Å². The molecule has 1 aliphatic rings. The molecule has 8 heteroatoms. The first kappa shape index (κ1) is 18.4. The van der Waals surface area contributed by atoms with Crippen LogP contribution in [0.15, 0.2) is 35.4 Å². The molecule has 1 N–H and O–H groups in total. The van der Waals surface area contributed by atoms with Crippen LogP contribution in [-0.4, -0.2) is 28.0 Å². The van der Waals surface area contributed by atoms with Crippen LogP contribution in [0, 0.1) is 6.92 Å². The molecule has 1 fully saturated rings. The lowest BCUT2D eigenvalue weighted by Gasteiger charge is -2.08. The molecule has 3 aromatic rings. The molecule has 28 heavy (non-hydrogen) atoms. The number of carbonyl (C=O) groups excluding carboxylic acids is 2. The molecule has 2 heterocycles. The van der Waals surface area contributed by atoms with Crippen LogP contribution in [0.1, 0.15) is 51.4 Å². The lowest BCUT2D eigenvalue weighted by Crippen LogP contribution is -2.19. The average Bonchev–Trinajstić information content (AvgIpc) is 3.44. The maximum absolute atomic E-state index is 12.9. The molecule has 0 bridgehead atoms. The third-order valence-corrected chi connectivity index (χ3v) is 5.68. The van der Waals surface area contributed by atoms with Crippen molar-refractivity contribution in [3.63, 3.8) is 0 Å². The third kappa shape index (κ3) is 3.31. The van der Waals surface area contributed by atoms with Gasteiger partial charge >= 0.3 is 5.97 Å². The molecule has 0 atom stereocenters. The Balaban J connectivity index is 1.65. The molecule has 0 unspecified atom stereocenters. The van der Waals surface area contributed by atoms with Gasteiger partial charge in [0.1, 0.15) is 10.2 Å². The highest BCUT2D eigenvalue weighted by molar-refractivity contribution is 7.19. The molecular weight excluding hydrogens is 378 g/mol. The molecule has 1 saturated carbocycles. The van der Waals surface area contributed by atoms with Gasteiger partial charge in [-0.2, -0.15) is 0 Å². The number of esters is 1. The number of anilines is 1. The lowest BCUT2D eigenvalue weighted by atomic mass is 10.1. The van der Waals surface area contributed by atoms with Gasteiger partial charge in [0.25, 0.3) is 11.5 Å². The first-order valence-electron chi connectivity index (χ1n) is 9.08. The van der Waals surface area contributed by atoms with Crippen molar-refractivity contribution in [1.82, 2.24) is 9.55 Å². The summed E-state index contributed by atoms with van der Waals surface area (Å²) in [5.41, 5.74) is 1.55. The summed E-state index contributed by atoms with van der Waals surface area (Å²) in [6, 6.07) is 6.79. The van der Waals surface area contributed by atoms with Gasteiger partial charge in [-0.3, -0.25) is 14.2 Å². The summed E-state index contributed by atoms with van der Waals surface area (Å²) in [7, 11) is 0. The van der Waals surface area contributed by atoms with Crippen molar-refractivity contribution in [2.45, 2.75) is 32.7 Å². The Kier molecular flexibility index (Phi) is 4.72. The van der Waals surface area contributed by atoms with Crippen LogP contribution in [0.4, 0.5) is 5.69 Å². The monoisotopic (exact) mass is 397 g/mol. The quantitative estimate of drug-likeness (QED) is 0.665. The molecule has 1 amide bonds. The fourth-order valence-corrected chi connectivity index (χ4v) is 4.14. The van der Waals surface area contributed by atoms with Crippen LogP contribution in [0.25, 0.3) is 10.2 Å². The number of nitrogens with zero attached hydrogens (tertiary/aromatic N) is 2. The van der Waals surface area contributed by atoms with E-state index in [1.807, 2.05) is 0 Å². The Morgan fingerprint density at radius 2 is 2.14 bits per heavy atom. The second-order valence-corrected chi connectivity index (χ2v) is 7.88. The number of nitrogens with one attached hydrogen (secondary N) is 1. The number of aryl methyl sites for hydroxylation is 1. The van der Waals surface area contributed by atoms with Crippen LogP contribution in [-0.2, 0) is 4.74 Å². The predicted molar refractivity (Wildman–Crippen MR) is 107 cm³/mol. The van der Waals surface area contributed by atoms with E-state index in [9.17, 15) is 14.4 Å². The number of rotatable bonds is 5. The van der Waals surface area contributed by atoms with Crippen molar-refractivity contribution in [3.05, 3.63) is 57.0 Å². The standard InChI is InChI=1S/C20H19N3O4S/c1-3-27-20(26)12-5-4-6-13(9-12)22-18(24)15-11(2)28-17-16(15)21-10-23(19(17)25)14-7-8-14/h4-6,9-10,14H,3,7-8H2,1-2H3,(H,22,24). The molecule has 0 aliphatic heterocycles. The summed E-state index contributed by atoms with van der Waals surface area (Å²) < 4.78 is 7.14. The highest BCUT2D eigenvalue weighted by Crippen LogP contribution is 2.34. The van der Waals surface area contributed by atoms with E-state index >= 15 is 0 Å². The van der Waals surface area contributed by atoms with Gasteiger partial charge in [0.2, 0.25) is 0 Å². The number of fused-ring (bicyclic) bond motifs is 1. The van der Waals surface area contributed by atoms with Gasteiger partial charge in [-0.1, -0.05) is 6.07 Å². The van der Waals surface area contributed by atoms with Crippen molar-refractivity contribution in [2.75, 3.05) is 11.9 Å². The van der Waals surface area contributed by atoms with Crippen LogP contribution >= 0.6 is 11.3 Å². The zero-order valence-corrected chi connectivity index (χ0v) is 16.3. The van der Waals surface area contributed by atoms with E-state index in [0.29, 0.717) is 27.0 Å². The number of benzene rings is 1. The largest absolute Gasteiger partial charge is 0.462 e. The maximum atomic E-state index is 12.9. The Labute approximate surface area is 165 Å². The number of amides is 1.